The lowest BCUT2D eigenvalue weighted by molar-refractivity contribution is 0.0604. The summed E-state index contributed by atoms with van der Waals surface area (Å²) < 4.78 is 10.8. The first kappa shape index (κ1) is 11.9. The Hall–Kier alpha value is -1.22. The lowest BCUT2D eigenvalue weighted by Crippen LogP contribution is -2.25. The molecule has 84 valence electrons. The van der Waals surface area contributed by atoms with Crippen LogP contribution in [0.2, 0.25) is 0 Å². The topological polar surface area (TPSA) is 38.7 Å². The lowest BCUT2D eigenvalue weighted by atomic mass is 10.2. The van der Waals surface area contributed by atoms with Crippen molar-refractivity contribution in [2.75, 3.05) is 6.61 Å². The van der Waals surface area contributed by atoms with Gasteiger partial charge in [0.1, 0.15) is 17.6 Å². The van der Waals surface area contributed by atoms with Crippen LogP contribution in [-0.4, -0.2) is 23.9 Å². The van der Waals surface area contributed by atoms with Gasteiger partial charge in [-0.15, -0.1) is 0 Å². The van der Waals surface area contributed by atoms with Crippen LogP contribution < -0.4 is 9.47 Å². The fourth-order valence-corrected chi connectivity index (χ4v) is 1.09. The summed E-state index contributed by atoms with van der Waals surface area (Å²) in [4.78, 5) is 0. The second kappa shape index (κ2) is 5.61. The summed E-state index contributed by atoms with van der Waals surface area (Å²) in [6.07, 6.45) is -0.681. The first-order valence-electron chi connectivity index (χ1n) is 5.21. The standard InChI is InChI=1S/C12H18O3/c1-4-14-11-5-7-12(8-6-11)15-10(3)9(2)13/h5-10,13H,4H2,1-3H3/t9-,10?/m0/s1. The molecule has 15 heavy (non-hydrogen) atoms. The first-order chi connectivity index (χ1) is 7.13. The van der Waals surface area contributed by atoms with E-state index < -0.39 is 6.10 Å². The molecule has 0 aliphatic rings. The molecule has 0 saturated heterocycles. The second-order valence-corrected chi connectivity index (χ2v) is 3.47. The Balaban J connectivity index is 2.56. The van der Waals surface area contributed by atoms with Crippen LogP contribution in [0.4, 0.5) is 0 Å². The Labute approximate surface area is 90.6 Å². The Morgan fingerprint density at radius 3 is 2.13 bits per heavy atom. The van der Waals surface area contributed by atoms with Crippen molar-refractivity contribution >= 4 is 0 Å². The number of ether oxygens (including phenoxy) is 2. The smallest absolute Gasteiger partial charge is 0.121 e. The largest absolute Gasteiger partial charge is 0.494 e. The van der Waals surface area contributed by atoms with Gasteiger partial charge >= 0.3 is 0 Å². The van der Waals surface area contributed by atoms with E-state index in [-0.39, 0.29) is 6.10 Å². The van der Waals surface area contributed by atoms with Gasteiger partial charge in [-0.1, -0.05) is 0 Å². The van der Waals surface area contributed by atoms with Crippen LogP contribution in [0.1, 0.15) is 20.8 Å². The van der Waals surface area contributed by atoms with Crippen LogP contribution in [0.3, 0.4) is 0 Å². The minimum absolute atomic E-state index is 0.206. The molecule has 1 unspecified atom stereocenters. The van der Waals surface area contributed by atoms with Crippen LogP contribution in [0.15, 0.2) is 24.3 Å². The highest BCUT2D eigenvalue weighted by molar-refractivity contribution is 5.31. The Bertz CT molecular complexity index is 279. The monoisotopic (exact) mass is 210 g/mol. The molecule has 3 heteroatoms. The molecule has 0 aliphatic heterocycles. The molecular formula is C12H18O3. The van der Waals surface area contributed by atoms with Crippen molar-refractivity contribution in [1.82, 2.24) is 0 Å². The third-order valence-corrected chi connectivity index (χ3v) is 2.14. The van der Waals surface area contributed by atoms with Crippen LogP contribution >= 0.6 is 0 Å². The third-order valence-electron chi connectivity index (χ3n) is 2.14. The van der Waals surface area contributed by atoms with Crippen molar-refractivity contribution in [1.29, 1.82) is 0 Å². The summed E-state index contributed by atoms with van der Waals surface area (Å²) >= 11 is 0. The average molecular weight is 210 g/mol. The molecule has 0 amide bonds. The van der Waals surface area contributed by atoms with Gasteiger partial charge in [0, 0.05) is 0 Å². The summed E-state index contributed by atoms with van der Waals surface area (Å²) in [5, 5.41) is 9.27. The van der Waals surface area contributed by atoms with E-state index in [0.29, 0.717) is 6.61 Å². The summed E-state index contributed by atoms with van der Waals surface area (Å²) in [6, 6.07) is 7.38. The van der Waals surface area contributed by atoms with Gasteiger partial charge in [0.25, 0.3) is 0 Å². The molecule has 0 radical (unpaired) electrons. The van der Waals surface area contributed by atoms with Gasteiger partial charge in [-0.2, -0.15) is 0 Å². The zero-order valence-electron chi connectivity index (χ0n) is 9.43. The van der Waals surface area contributed by atoms with Crippen molar-refractivity contribution in [2.24, 2.45) is 0 Å². The summed E-state index contributed by atoms with van der Waals surface area (Å²) in [5.41, 5.74) is 0. The minimum atomic E-state index is -0.475. The molecule has 3 nitrogen and oxygen atoms in total. The highest BCUT2D eigenvalue weighted by Gasteiger charge is 2.09. The van der Waals surface area contributed by atoms with Gasteiger partial charge in [-0.25, -0.2) is 0 Å². The fraction of sp³-hybridized carbons (Fsp3) is 0.500. The Morgan fingerprint density at radius 2 is 1.67 bits per heavy atom. The maximum absolute atomic E-state index is 9.27. The number of hydrogen-bond donors (Lipinski definition) is 1. The van der Waals surface area contributed by atoms with Crippen molar-refractivity contribution in [3.63, 3.8) is 0 Å². The van der Waals surface area contributed by atoms with Crippen LogP contribution in [0.25, 0.3) is 0 Å². The molecule has 1 aromatic rings. The molecule has 0 aromatic heterocycles. The summed E-state index contributed by atoms with van der Waals surface area (Å²) in [7, 11) is 0. The number of aliphatic hydroxyl groups is 1. The van der Waals surface area contributed by atoms with Crippen molar-refractivity contribution in [3.8, 4) is 11.5 Å². The number of rotatable bonds is 5. The number of hydrogen-bond acceptors (Lipinski definition) is 3. The molecule has 0 spiro atoms. The third kappa shape index (κ3) is 3.80. The normalized spacial score (nSPS) is 14.4. The van der Waals surface area contributed by atoms with E-state index in [1.54, 1.807) is 6.92 Å². The average Bonchev–Trinajstić information content (AvgIpc) is 2.21. The zero-order valence-corrected chi connectivity index (χ0v) is 9.43. The van der Waals surface area contributed by atoms with Gasteiger partial charge in [-0.3, -0.25) is 0 Å². The SMILES string of the molecule is CCOc1ccc(OC(C)[C@H](C)O)cc1. The Kier molecular flexibility index (Phi) is 4.43. The first-order valence-corrected chi connectivity index (χ1v) is 5.21. The molecule has 0 bridgehead atoms. The molecular weight excluding hydrogens is 192 g/mol. The quantitative estimate of drug-likeness (QED) is 0.810. The maximum atomic E-state index is 9.27. The highest BCUT2D eigenvalue weighted by atomic mass is 16.5. The van der Waals surface area contributed by atoms with E-state index in [1.165, 1.54) is 0 Å². The van der Waals surface area contributed by atoms with Crippen LogP contribution in [-0.2, 0) is 0 Å². The molecule has 0 heterocycles. The van der Waals surface area contributed by atoms with Crippen molar-refractivity contribution < 1.29 is 14.6 Å². The maximum Gasteiger partial charge on any atom is 0.121 e. The Morgan fingerprint density at radius 1 is 1.13 bits per heavy atom. The second-order valence-electron chi connectivity index (χ2n) is 3.47. The number of benzene rings is 1. The number of aliphatic hydroxyl groups excluding tert-OH is 1. The molecule has 0 fully saturated rings. The molecule has 1 rings (SSSR count). The molecule has 2 atom stereocenters. The van der Waals surface area contributed by atoms with E-state index in [0.717, 1.165) is 11.5 Å². The lowest BCUT2D eigenvalue weighted by Gasteiger charge is -2.17. The molecule has 1 N–H and O–H groups in total. The van der Waals surface area contributed by atoms with Gasteiger partial charge in [0.05, 0.1) is 12.7 Å². The predicted molar refractivity (Wildman–Crippen MR) is 59.4 cm³/mol. The molecule has 1 aromatic carbocycles. The van der Waals surface area contributed by atoms with Crippen LogP contribution in [0.5, 0.6) is 11.5 Å². The molecule has 0 aliphatic carbocycles. The van der Waals surface area contributed by atoms with E-state index in [4.69, 9.17) is 9.47 Å². The fourth-order valence-electron chi connectivity index (χ4n) is 1.09. The van der Waals surface area contributed by atoms with Crippen molar-refractivity contribution in [3.05, 3.63) is 24.3 Å². The van der Waals surface area contributed by atoms with E-state index in [9.17, 15) is 5.11 Å². The van der Waals surface area contributed by atoms with E-state index in [1.807, 2.05) is 38.1 Å². The zero-order chi connectivity index (χ0) is 11.3. The van der Waals surface area contributed by atoms with Gasteiger partial charge in [0.15, 0.2) is 0 Å². The van der Waals surface area contributed by atoms with Gasteiger partial charge in [0.2, 0.25) is 0 Å². The predicted octanol–water partition coefficient (Wildman–Crippen LogP) is 2.23. The minimum Gasteiger partial charge on any atom is -0.494 e. The van der Waals surface area contributed by atoms with Crippen LogP contribution in [0, 0.1) is 0 Å². The van der Waals surface area contributed by atoms with Gasteiger partial charge in [-0.05, 0) is 45.0 Å². The van der Waals surface area contributed by atoms with Gasteiger partial charge < -0.3 is 14.6 Å². The summed E-state index contributed by atoms with van der Waals surface area (Å²) in [5.74, 6) is 1.57. The van der Waals surface area contributed by atoms with Crippen molar-refractivity contribution in [2.45, 2.75) is 33.0 Å². The highest BCUT2D eigenvalue weighted by Crippen LogP contribution is 2.19. The summed E-state index contributed by atoms with van der Waals surface area (Å²) in [6.45, 7) is 6.14. The van der Waals surface area contributed by atoms with E-state index in [2.05, 4.69) is 0 Å². The van der Waals surface area contributed by atoms with E-state index >= 15 is 0 Å². The molecule has 0 saturated carbocycles.